The van der Waals surface area contributed by atoms with Crippen LogP contribution in [0.4, 0.5) is 11.4 Å². The molecule has 18 heteroatoms. The van der Waals surface area contributed by atoms with Crippen LogP contribution in [0.5, 0.6) is 0 Å². The zero-order chi connectivity index (χ0) is 44.0. The Morgan fingerprint density at radius 2 is 1.67 bits per heavy atom. The number of fused-ring (bicyclic) bond motifs is 4. The topological polar surface area (TPSA) is 260 Å². The molecule has 0 aromatic heterocycles. The number of rotatable bonds is 17. The number of carbonyl (C=O) groups excluding carboxylic acids is 6. The number of nitrogens with zero attached hydrogens (tertiary/aromatic N) is 2. The van der Waals surface area contributed by atoms with Crippen molar-refractivity contribution in [1.29, 1.82) is 0 Å². The van der Waals surface area contributed by atoms with Gasteiger partial charge in [-0.15, -0.1) is 0 Å². The van der Waals surface area contributed by atoms with Crippen molar-refractivity contribution in [3.05, 3.63) is 95.1 Å². The van der Waals surface area contributed by atoms with Crippen LogP contribution in [0, 0.1) is 5.92 Å². The molecular formula is C43H51N7O11. The minimum Gasteiger partial charge on any atom is -0.394 e. The van der Waals surface area contributed by atoms with Gasteiger partial charge in [0.2, 0.25) is 29.5 Å². The molecule has 8 atom stereocenters. The van der Waals surface area contributed by atoms with Gasteiger partial charge in [-0.3, -0.25) is 33.7 Å². The van der Waals surface area contributed by atoms with Gasteiger partial charge in [0, 0.05) is 24.6 Å². The zero-order valence-corrected chi connectivity index (χ0v) is 34.2. The molecule has 0 bridgehead atoms. The van der Waals surface area contributed by atoms with E-state index in [1.807, 2.05) is 42.5 Å². The van der Waals surface area contributed by atoms with Crippen molar-refractivity contribution in [3.8, 4) is 0 Å². The van der Waals surface area contributed by atoms with Crippen LogP contribution >= 0.6 is 0 Å². The van der Waals surface area contributed by atoms with Crippen LogP contribution in [-0.4, -0.2) is 112 Å². The van der Waals surface area contributed by atoms with E-state index in [1.54, 1.807) is 49.1 Å². The second-order valence-corrected chi connectivity index (χ2v) is 15.5. The van der Waals surface area contributed by atoms with Crippen molar-refractivity contribution in [3.63, 3.8) is 0 Å². The molecule has 3 aliphatic heterocycles. The molecule has 0 spiro atoms. The van der Waals surface area contributed by atoms with E-state index < -0.39 is 90.9 Å². The number of aliphatic imine (C=N–C) groups is 1. The first-order valence-corrected chi connectivity index (χ1v) is 20.0. The lowest BCUT2D eigenvalue weighted by molar-refractivity contribution is -0.283. The van der Waals surface area contributed by atoms with Crippen molar-refractivity contribution < 1.29 is 53.2 Å². The molecule has 324 valence electrons. The predicted octanol–water partition coefficient (Wildman–Crippen LogP) is 1.14. The maximum atomic E-state index is 13.6. The van der Waals surface area contributed by atoms with Crippen LogP contribution in [0.25, 0.3) is 0 Å². The van der Waals surface area contributed by atoms with Crippen molar-refractivity contribution in [1.82, 2.24) is 20.9 Å². The number of amidine groups is 1. The Morgan fingerprint density at radius 3 is 2.34 bits per heavy atom. The van der Waals surface area contributed by atoms with Gasteiger partial charge in [-0.1, -0.05) is 62.4 Å². The number of anilines is 1. The number of benzene rings is 3. The molecule has 0 saturated carbocycles. The summed E-state index contributed by atoms with van der Waals surface area (Å²) in [5.41, 5.74) is 9.61. The second-order valence-electron chi connectivity index (χ2n) is 15.5. The molecule has 1 saturated heterocycles. The molecule has 61 heavy (non-hydrogen) atoms. The van der Waals surface area contributed by atoms with Gasteiger partial charge in [-0.2, -0.15) is 0 Å². The Labute approximate surface area is 352 Å². The molecule has 18 nitrogen and oxygen atoms in total. The molecule has 3 heterocycles. The van der Waals surface area contributed by atoms with Crippen molar-refractivity contribution in [2.75, 3.05) is 11.9 Å². The normalized spacial score (nSPS) is 21.8. The van der Waals surface area contributed by atoms with E-state index in [0.717, 1.165) is 16.7 Å². The highest BCUT2D eigenvalue weighted by Crippen LogP contribution is 2.35. The number of hydrogen-bond acceptors (Lipinski definition) is 12. The summed E-state index contributed by atoms with van der Waals surface area (Å²) in [4.78, 5) is 84.2. The number of hydrogen-bond donors (Lipinski definition) is 7. The van der Waals surface area contributed by atoms with Crippen LogP contribution in [0.1, 0.15) is 67.6 Å². The SMILES string of the molecule is CC(=O)NC1C(OCc2ccccc2)OC(CO)C(O)C1OC(C)C(=O)NC(C(=O)NC(CCC(=O)Nc1ccc2c(c1)CN1C(=O)c3ccccc3C1=N2)C(N)=O)C(C)C. The molecule has 6 amide bonds. The van der Waals surface area contributed by atoms with Gasteiger partial charge in [-0.05, 0) is 54.7 Å². The molecule has 8 N–H and O–H groups in total. The molecule has 8 unspecified atom stereocenters. The minimum atomic E-state index is -1.50. The van der Waals surface area contributed by atoms with E-state index in [9.17, 15) is 39.0 Å². The van der Waals surface area contributed by atoms with E-state index in [-0.39, 0.29) is 31.9 Å². The maximum Gasteiger partial charge on any atom is 0.260 e. The average molecular weight is 842 g/mol. The third-order valence-electron chi connectivity index (χ3n) is 10.6. The number of ether oxygens (including phenoxy) is 3. The summed E-state index contributed by atoms with van der Waals surface area (Å²) >= 11 is 0. The fraction of sp³-hybridized carbons (Fsp3) is 0.419. The van der Waals surface area contributed by atoms with E-state index in [4.69, 9.17) is 19.9 Å². The fourth-order valence-corrected chi connectivity index (χ4v) is 7.36. The molecule has 1 fully saturated rings. The number of carbonyl (C=O) groups is 6. The largest absolute Gasteiger partial charge is 0.394 e. The number of nitrogens with two attached hydrogens (primary N) is 1. The number of aliphatic hydroxyl groups excluding tert-OH is 2. The lowest BCUT2D eigenvalue weighted by atomic mass is 9.96. The van der Waals surface area contributed by atoms with Crippen LogP contribution in [0.15, 0.2) is 77.8 Å². The first kappa shape index (κ1) is 44.5. The summed E-state index contributed by atoms with van der Waals surface area (Å²) < 4.78 is 17.8. The van der Waals surface area contributed by atoms with Gasteiger partial charge < -0.3 is 51.4 Å². The van der Waals surface area contributed by atoms with E-state index in [2.05, 4.69) is 26.3 Å². The highest BCUT2D eigenvalue weighted by Gasteiger charge is 2.48. The minimum absolute atomic E-state index is 0.0608. The Morgan fingerprint density at radius 1 is 0.967 bits per heavy atom. The molecule has 3 aromatic rings. The molecule has 3 aliphatic rings. The summed E-state index contributed by atoms with van der Waals surface area (Å²) in [6, 6.07) is 17.9. The first-order valence-electron chi connectivity index (χ1n) is 20.0. The number of nitrogens with one attached hydrogen (secondary N) is 4. The van der Waals surface area contributed by atoms with Gasteiger partial charge in [0.05, 0.1) is 31.0 Å². The van der Waals surface area contributed by atoms with Crippen LogP contribution in [0.3, 0.4) is 0 Å². The standard InChI is InChI=1S/C43H51N7O11/c1-22(2)34(49-40(56)23(3)60-37-35(45-24(4)52)43(61-32(20-51)36(37)54)59-21-25-10-6-5-7-11-25)41(57)48-31(38(44)55)16-17-33(53)46-27-14-15-30-26(18-27)19-50-39(47-30)28-12-8-9-13-29(28)42(50)58/h5-15,18,22-23,31-32,34-37,43,51,54H,16-17,19-21H2,1-4H3,(H2,44,55)(H,45,52)(H,46,53)(H,48,57)(H,49,56). The van der Waals surface area contributed by atoms with Crippen molar-refractivity contribution in [2.24, 2.45) is 16.6 Å². The third kappa shape index (κ3) is 10.5. The summed E-state index contributed by atoms with van der Waals surface area (Å²) in [6.07, 6.45) is -6.87. The van der Waals surface area contributed by atoms with E-state index in [1.165, 1.54) is 13.8 Å². The summed E-state index contributed by atoms with van der Waals surface area (Å²) in [6.45, 7) is 5.67. The highest BCUT2D eigenvalue weighted by atomic mass is 16.7. The molecule has 3 aromatic carbocycles. The lowest BCUT2D eigenvalue weighted by Gasteiger charge is -2.44. The Balaban J connectivity index is 1.04. The van der Waals surface area contributed by atoms with Crippen molar-refractivity contribution in [2.45, 2.75) is 103 Å². The smallest absolute Gasteiger partial charge is 0.260 e. The summed E-state index contributed by atoms with van der Waals surface area (Å²) in [5.74, 6) is -3.45. The van der Waals surface area contributed by atoms with Gasteiger partial charge in [-0.25, -0.2) is 4.99 Å². The Hall–Kier alpha value is -6.05. The van der Waals surface area contributed by atoms with E-state index >= 15 is 0 Å². The Kier molecular flexibility index (Phi) is 14.3. The molecule has 0 aliphatic carbocycles. The summed E-state index contributed by atoms with van der Waals surface area (Å²) in [7, 11) is 0. The Bertz CT molecular complexity index is 2170. The second kappa shape index (κ2) is 19.6. The monoisotopic (exact) mass is 841 g/mol. The van der Waals surface area contributed by atoms with Gasteiger partial charge in [0.25, 0.3) is 5.91 Å². The molecule has 6 rings (SSSR count). The average Bonchev–Trinajstić information content (AvgIpc) is 3.51. The van der Waals surface area contributed by atoms with Crippen LogP contribution in [0.2, 0.25) is 0 Å². The first-order chi connectivity index (χ1) is 29.1. The van der Waals surface area contributed by atoms with Gasteiger partial charge >= 0.3 is 0 Å². The highest BCUT2D eigenvalue weighted by molar-refractivity contribution is 6.24. The van der Waals surface area contributed by atoms with Gasteiger partial charge in [0.15, 0.2) is 6.29 Å². The zero-order valence-electron chi connectivity index (χ0n) is 34.2. The quantitative estimate of drug-likeness (QED) is 0.101. The number of aliphatic hydroxyl groups is 2. The van der Waals surface area contributed by atoms with Crippen LogP contribution in [-0.2, 0) is 51.3 Å². The maximum absolute atomic E-state index is 13.6. The number of amides is 6. The fourth-order valence-electron chi connectivity index (χ4n) is 7.36. The summed E-state index contributed by atoms with van der Waals surface area (Å²) in [5, 5.41) is 31.8. The predicted molar refractivity (Wildman–Crippen MR) is 220 cm³/mol. The molecule has 0 radical (unpaired) electrons. The lowest BCUT2D eigenvalue weighted by Crippen LogP contribution is -2.66. The number of primary amides is 1. The van der Waals surface area contributed by atoms with E-state index in [0.29, 0.717) is 22.8 Å². The molecular weight excluding hydrogens is 791 g/mol. The van der Waals surface area contributed by atoms with Gasteiger partial charge in [0.1, 0.15) is 48.4 Å². The van der Waals surface area contributed by atoms with Crippen LogP contribution < -0.4 is 27.0 Å². The van der Waals surface area contributed by atoms with Crippen molar-refractivity contribution >= 4 is 52.7 Å². The third-order valence-corrected chi connectivity index (χ3v) is 10.6.